The molecular weight excluding hydrogens is 488 g/mol. The largest absolute Gasteiger partial charge is 0.454 e. The predicted octanol–water partition coefficient (Wildman–Crippen LogP) is 10.4. The van der Waals surface area contributed by atoms with E-state index in [0.29, 0.717) is 0 Å². The highest BCUT2D eigenvalue weighted by Gasteiger charge is 2.20. The number of benzene rings is 6. The molecule has 2 aromatic heterocycles. The first-order valence-corrected chi connectivity index (χ1v) is 13.5. The summed E-state index contributed by atoms with van der Waals surface area (Å²) in [5, 5.41) is 5.84. The Morgan fingerprint density at radius 1 is 0.475 bits per heavy atom. The molecule has 0 atom stereocenters. The minimum Gasteiger partial charge on any atom is -0.454 e. The molecule has 0 aliphatic heterocycles. The number of aromatic nitrogens is 1. The first-order valence-electron chi connectivity index (χ1n) is 13.5. The molecule has 8 aromatic rings. The number of para-hydroxylation sites is 1. The molecular formula is C37H24N2O. The van der Waals surface area contributed by atoms with Gasteiger partial charge >= 0.3 is 0 Å². The molecule has 0 saturated carbocycles. The molecule has 0 N–H and O–H groups in total. The monoisotopic (exact) mass is 512 g/mol. The molecule has 2 heterocycles. The van der Waals surface area contributed by atoms with Crippen LogP contribution in [0.5, 0.6) is 0 Å². The Morgan fingerprint density at radius 3 is 1.95 bits per heavy atom. The van der Waals surface area contributed by atoms with Gasteiger partial charge in [0.15, 0.2) is 5.58 Å². The molecule has 0 saturated heterocycles. The Balaban J connectivity index is 1.39. The maximum atomic E-state index is 6.11. The fourth-order valence-electron chi connectivity index (χ4n) is 5.75. The average molecular weight is 513 g/mol. The number of anilines is 3. The van der Waals surface area contributed by atoms with Gasteiger partial charge in [-0.3, -0.25) is 4.90 Å². The van der Waals surface area contributed by atoms with Crippen LogP contribution in [0.25, 0.3) is 54.7 Å². The minimum absolute atomic E-state index is 0.785. The molecule has 0 amide bonds. The van der Waals surface area contributed by atoms with E-state index in [1.807, 2.05) is 30.3 Å². The van der Waals surface area contributed by atoms with Gasteiger partial charge in [0.1, 0.15) is 16.9 Å². The van der Waals surface area contributed by atoms with Gasteiger partial charge in [0.2, 0.25) is 0 Å². The van der Waals surface area contributed by atoms with Crippen LogP contribution >= 0.6 is 0 Å². The Morgan fingerprint density at radius 2 is 1.12 bits per heavy atom. The van der Waals surface area contributed by atoms with E-state index in [1.54, 1.807) is 0 Å². The average Bonchev–Trinajstić information content (AvgIpc) is 3.40. The highest BCUT2D eigenvalue weighted by atomic mass is 16.3. The second-order valence-corrected chi connectivity index (χ2v) is 10.0. The maximum Gasteiger partial charge on any atom is 0.154 e. The summed E-state index contributed by atoms with van der Waals surface area (Å²) in [4.78, 5) is 7.48. The molecule has 0 aliphatic carbocycles. The van der Waals surface area contributed by atoms with E-state index in [-0.39, 0.29) is 0 Å². The molecule has 0 radical (unpaired) electrons. The lowest BCUT2D eigenvalue weighted by Gasteiger charge is -2.26. The van der Waals surface area contributed by atoms with Crippen molar-refractivity contribution < 1.29 is 4.42 Å². The normalized spacial score (nSPS) is 11.5. The van der Waals surface area contributed by atoms with Crippen molar-refractivity contribution in [3.05, 3.63) is 146 Å². The highest BCUT2D eigenvalue weighted by Crippen LogP contribution is 2.42. The summed E-state index contributed by atoms with van der Waals surface area (Å²) in [7, 11) is 0. The highest BCUT2D eigenvalue weighted by molar-refractivity contribution is 6.14. The van der Waals surface area contributed by atoms with Crippen LogP contribution in [0.4, 0.5) is 17.2 Å². The van der Waals surface area contributed by atoms with Gasteiger partial charge < -0.3 is 4.42 Å². The van der Waals surface area contributed by atoms with Crippen molar-refractivity contribution in [3.8, 4) is 11.1 Å². The number of hydrogen-bond donors (Lipinski definition) is 0. The van der Waals surface area contributed by atoms with Crippen molar-refractivity contribution in [1.82, 2.24) is 4.98 Å². The van der Waals surface area contributed by atoms with Crippen LogP contribution in [-0.4, -0.2) is 4.98 Å². The molecule has 3 nitrogen and oxygen atoms in total. The van der Waals surface area contributed by atoms with Gasteiger partial charge in [-0.1, -0.05) is 103 Å². The van der Waals surface area contributed by atoms with Crippen LogP contribution < -0.4 is 4.90 Å². The van der Waals surface area contributed by atoms with Gasteiger partial charge in [-0.05, 0) is 69.8 Å². The first-order chi connectivity index (χ1) is 19.8. The summed E-state index contributed by atoms with van der Waals surface area (Å²) < 4.78 is 6.11. The van der Waals surface area contributed by atoms with Crippen LogP contribution in [0.3, 0.4) is 0 Å². The number of hydrogen-bond acceptors (Lipinski definition) is 3. The van der Waals surface area contributed by atoms with Crippen molar-refractivity contribution in [1.29, 1.82) is 0 Å². The van der Waals surface area contributed by atoms with Gasteiger partial charge in [0, 0.05) is 16.5 Å². The Labute approximate surface area is 231 Å². The number of fused-ring (bicyclic) bond motifs is 6. The van der Waals surface area contributed by atoms with E-state index in [1.165, 1.54) is 32.7 Å². The lowest BCUT2D eigenvalue weighted by Crippen LogP contribution is -2.12. The van der Waals surface area contributed by atoms with Gasteiger partial charge in [-0.25, -0.2) is 4.98 Å². The molecule has 8 rings (SSSR count). The molecule has 0 spiro atoms. The number of furan rings is 1. The number of nitrogens with zero attached hydrogens (tertiary/aromatic N) is 2. The van der Waals surface area contributed by atoms with E-state index < -0.39 is 0 Å². The Bertz CT molecular complexity index is 2160. The lowest BCUT2D eigenvalue weighted by molar-refractivity contribution is 0.668. The maximum absolute atomic E-state index is 6.11. The molecule has 40 heavy (non-hydrogen) atoms. The van der Waals surface area contributed by atoms with Crippen molar-refractivity contribution in [2.45, 2.75) is 0 Å². The molecule has 188 valence electrons. The third-order valence-corrected chi connectivity index (χ3v) is 7.65. The summed E-state index contributed by atoms with van der Waals surface area (Å²) in [6.45, 7) is 0. The van der Waals surface area contributed by atoms with Crippen LogP contribution in [-0.2, 0) is 0 Å². The van der Waals surface area contributed by atoms with Gasteiger partial charge in [0.25, 0.3) is 0 Å². The minimum atomic E-state index is 0.785. The molecule has 0 bridgehead atoms. The summed E-state index contributed by atoms with van der Waals surface area (Å²) in [6, 6.07) is 50.9. The van der Waals surface area contributed by atoms with E-state index in [0.717, 1.165) is 39.3 Å². The van der Waals surface area contributed by atoms with Crippen molar-refractivity contribution in [2.24, 2.45) is 0 Å². The summed E-state index contributed by atoms with van der Waals surface area (Å²) in [5.74, 6) is 0.840. The summed E-state index contributed by atoms with van der Waals surface area (Å²) in [6.07, 6.45) is 0. The van der Waals surface area contributed by atoms with E-state index in [9.17, 15) is 0 Å². The Kier molecular flexibility index (Phi) is 5.14. The fourth-order valence-corrected chi connectivity index (χ4v) is 5.75. The van der Waals surface area contributed by atoms with Crippen molar-refractivity contribution in [2.75, 3.05) is 4.90 Å². The smallest absolute Gasteiger partial charge is 0.154 e. The Hall–Kier alpha value is -5.41. The van der Waals surface area contributed by atoms with Gasteiger partial charge in [-0.2, -0.15) is 0 Å². The second-order valence-electron chi connectivity index (χ2n) is 10.0. The number of rotatable bonds is 4. The standard InChI is InChI=1S/C37H24N2O/c1-2-10-25(11-3-1)26-18-20-28(21-19-26)39(36-23-22-35-37(38-36)32-16-8-9-17-34(32)40-35)33-24-27-12-4-5-13-29(27)30-14-6-7-15-31(30)33/h1-24H. The predicted molar refractivity (Wildman–Crippen MR) is 167 cm³/mol. The zero-order chi connectivity index (χ0) is 26.5. The lowest BCUT2D eigenvalue weighted by atomic mass is 9.99. The van der Waals surface area contributed by atoms with Gasteiger partial charge in [0.05, 0.1) is 5.69 Å². The van der Waals surface area contributed by atoms with E-state index >= 15 is 0 Å². The van der Waals surface area contributed by atoms with Crippen molar-refractivity contribution in [3.63, 3.8) is 0 Å². The molecule has 3 heteroatoms. The molecule has 0 unspecified atom stereocenters. The van der Waals surface area contributed by atoms with Crippen molar-refractivity contribution >= 4 is 60.8 Å². The quantitative estimate of drug-likeness (QED) is 0.220. The van der Waals surface area contributed by atoms with E-state index in [2.05, 4.69) is 120 Å². The van der Waals surface area contributed by atoms with Crippen LogP contribution in [0.1, 0.15) is 0 Å². The zero-order valence-corrected chi connectivity index (χ0v) is 21.7. The fraction of sp³-hybridized carbons (Fsp3) is 0. The topological polar surface area (TPSA) is 29.3 Å². The summed E-state index contributed by atoms with van der Waals surface area (Å²) in [5.41, 5.74) is 6.99. The second kappa shape index (κ2) is 9.11. The van der Waals surface area contributed by atoms with Gasteiger partial charge in [-0.15, -0.1) is 0 Å². The SMILES string of the molecule is c1ccc(-c2ccc(N(c3ccc4oc5ccccc5c4n3)c3cc4ccccc4c4ccccc34)cc2)cc1. The van der Waals surface area contributed by atoms with Crippen LogP contribution in [0.2, 0.25) is 0 Å². The van der Waals surface area contributed by atoms with E-state index in [4.69, 9.17) is 9.40 Å². The molecule has 0 aliphatic rings. The molecule has 0 fully saturated rings. The third kappa shape index (κ3) is 3.63. The first kappa shape index (κ1) is 22.6. The third-order valence-electron chi connectivity index (χ3n) is 7.65. The molecule has 6 aromatic carbocycles. The number of pyridine rings is 1. The van der Waals surface area contributed by atoms with Crippen LogP contribution in [0.15, 0.2) is 150 Å². The zero-order valence-electron chi connectivity index (χ0n) is 21.7. The summed E-state index contributed by atoms with van der Waals surface area (Å²) >= 11 is 0. The van der Waals surface area contributed by atoms with Crippen LogP contribution in [0, 0.1) is 0 Å².